The van der Waals surface area contributed by atoms with Crippen LogP contribution in [0.5, 0.6) is 0 Å². The minimum atomic E-state index is -0.319. The number of hydrogen-bond donors (Lipinski definition) is 1. The zero-order valence-electron chi connectivity index (χ0n) is 15.1. The molecule has 0 unspecified atom stereocenters. The number of aryl methyl sites for hydroxylation is 1. The van der Waals surface area contributed by atoms with Crippen LogP contribution in [0.25, 0.3) is 21.5 Å². The lowest BCUT2D eigenvalue weighted by Crippen LogP contribution is -2.41. The average molecular weight is 388 g/mol. The van der Waals surface area contributed by atoms with Crippen molar-refractivity contribution in [2.45, 2.75) is 0 Å². The third-order valence-electron chi connectivity index (χ3n) is 4.68. The zero-order chi connectivity index (χ0) is 18.8. The molecule has 0 bridgehead atoms. The molecule has 1 N–H and O–H groups in total. The van der Waals surface area contributed by atoms with Crippen LogP contribution in [0.3, 0.4) is 0 Å². The Bertz CT molecular complexity index is 962. The number of fused-ring (bicyclic) bond motifs is 1. The molecule has 3 heterocycles. The van der Waals surface area contributed by atoms with Crippen LogP contribution in [-0.4, -0.2) is 60.0 Å². The van der Waals surface area contributed by atoms with E-state index in [4.69, 9.17) is 4.74 Å². The molecular weight excluding hydrogens is 367 g/mol. The summed E-state index contributed by atoms with van der Waals surface area (Å²) in [5.41, 5.74) is 1.01. The Morgan fingerprint density at radius 1 is 1.33 bits per heavy atom. The van der Waals surface area contributed by atoms with Gasteiger partial charge in [0.2, 0.25) is 0 Å². The maximum atomic E-state index is 14.2. The molecule has 1 fully saturated rings. The predicted octanol–water partition coefficient (Wildman–Crippen LogP) is 2.50. The summed E-state index contributed by atoms with van der Waals surface area (Å²) < 4.78 is 21.2. The fraction of sp³-hybridized carbons (Fsp3) is 0.368. The number of nitrogens with one attached hydrogen (secondary N) is 1. The van der Waals surface area contributed by atoms with Gasteiger partial charge in [-0.25, -0.2) is 4.39 Å². The fourth-order valence-electron chi connectivity index (χ4n) is 3.24. The molecule has 1 amide bonds. The van der Waals surface area contributed by atoms with Gasteiger partial charge in [0.1, 0.15) is 16.3 Å². The number of morpholine rings is 1. The van der Waals surface area contributed by atoms with Crippen molar-refractivity contribution in [3.8, 4) is 11.3 Å². The molecule has 0 radical (unpaired) electrons. The Labute approximate surface area is 160 Å². The molecule has 0 spiro atoms. The zero-order valence-corrected chi connectivity index (χ0v) is 15.9. The highest BCUT2D eigenvalue weighted by Gasteiger charge is 2.19. The number of carbonyl (C=O) groups is 1. The smallest absolute Gasteiger partial charge is 0.261 e. The van der Waals surface area contributed by atoms with Gasteiger partial charge in [0.25, 0.3) is 5.91 Å². The highest BCUT2D eigenvalue weighted by molar-refractivity contribution is 7.20. The number of ether oxygens (including phenoxy) is 1. The van der Waals surface area contributed by atoms with Crippen molar-refractivity contribution < 1.29 is 13.9 Å². The predicted molar refractivity (Wildman–Crippen MR) is 104 cm³/mol. The van der Waals surface area contributed by atoms with Crippen molar-refractivity contribution in [3.63, 3.8) is 0 Å². The summed E-state index contributed by atoms with van der Waals surface area (Å²) in [5.74, 6) is -0.427. The Kier molecular flexibility index (Phi) is 5.20. The van der Waals surface area contributed by atoms with E-state index in [0.29, 0.717) is 22.7 Å². The van der Waals surface area contributed by atoms with Crippen LogP contribution in [0.15, 0.2) is 30.3 Å². The van der Waals surface area contributed by atoms with Crippen molar-refractivity contribution in [1.29, 1.82) is 0 Å². The fourth-order valence-corrected chi connectivity index (χ4v) is 4.23. The number of thiophene rings is 1. The molecule has 1 aliphatic heterocycles. The molecular formula is C19H21FN4O2S. The highest BCUT2D eigenvalue weighted by Crippen LogP contribution is 2.34. The maximum absolute atomic E-state index is 14.2. The van der Waals surface area contributed by atoms with E-state index in [1.807, 2.05) is 7.05 Å². The van der Waals surface area contributed by atoms with Crippen LogP contribution in [0.4, 0.5) is 4.39 Å². The largest absolute Gasteiger partial charge is 0.379 e. The van der Waals surface area contributed by atoms with E-state index in [-0.39, 0.29) is 11.7 Å². The van der Waals surface area contributed by atoms with Crippen molar-refractivity contribution in [2.75, 3.05) is 39.4 Å². The lowest BCUT2D eigenvalue weighted by molar-refractivity contribution is 0.0383. The monoisotopic (exact) mass is 388 g/mol. The number of rotatable bonds is 5. The van der Waals surface area contributed by atoms with Crippen LogP contribution < -0.4 is 5.32 Å². The topological polar surface area (TPSA) is 59.4 Å². The Hall–Kier alpha value is -2.29. The molecule has 4 rings (SSSR count). The quantitative estimate of drug-likeness (QED) is 0.730. The number of amides is 1. The van der Waals surface area contributed by atoms with Gasteiger partial charge < -0.3 is 10.1 Å². The summed E-state index contributed by atoms with van der Waals surface area (Å²) in [4.78, 5) is 16.3. The van der Waals surface area contributed by atoms with E-state index in [1.165, 1.54) is 17.4 Å². The second kappa shape index (κ2) is 7.75. The molecule has 8 heteroatoms. The number of halogens is 1. The van der Waals surface area contributed by atoms with E-state index < -0.39 is 0 Å². The van der Waals surface area contributed by atoms with Gasteiger partial charge in [0.05, 0.1) is 18.1 Å². The van der Waals surface area contributed by atoms with Crippen molar-refractivity contribution >= 4 is 27.5 Å². The molecule has 1 saturated heterocycles. The number of aromatic nitrogens is 2. The molecule has 142 valence electrons. The van der Waals surface area contributed by atoms with E-state index in [9.17, 15) is 9.18 Å². The van der Waals surface area contributed by atoms with E-state index in [2.05, 4.69) is 15.3 Å². The van der Waals surface area contributed by atoms with Gasteiger partial charge in [0, 0.05) is 44.2 Å². The molecule has 0 aliphatic carbocycles. The van der Waals surface area contributed by atoms with Gasteiger partial charge in [-0.05, 0) is 18.2 Å². The second-order valence-electron chi connectivity index (χ2n) is 6.49. The third kappa shape index (κ3) is 3.73. The average Bonchev–Trinajstić information content (AvgIpc) is 3.24. The van der Waals surface area contributed by atoms with Crippen molar-refractivity contribution in [1.82, 2.24) is 20.0 Å². The van der Waals surface area contributed by atoms with Gasteiger partial charge in [0.15, 0.2) is 0 Å². The standard InChI is InChI=1S/C19H21FN4O2S/c1-23-19-14(17(22-23)13-4-2-3-5-15(13)20)12-16(27-19)18(25)21-6-7-24-8-10-26-11-9-24/h2-5,12H,6-11H2,1H3,(H,21,25). The van der Waals surface area contributed by atoms with Crippen LogP contribution >= 0.6 is 11.3 Å². The number of nitrogens with zero attached hydrogens (tertiary/aromatic N) is 3. The summed E-state index contributed by atoms with van der Waals surface area (Å²) in [6.07, 6.45) is 0. The summed E-state index contributed by atoms with van der Waals surface area (Å²) >= 11 is 1.37. The van der Waals surface area contributed by atoms with Crippen LogP contribution in [-0.2, 0) is 11.8 Å². The van der Waals surface area contributed by atoms with Crippen LogP contribution in [0.1, 0.15) is 9.67 Å². The highest BCUT2D eigenvalue weighted by atomic mass is 32.1. The normalized spacial score (nSPS) is 15.3. The summed E-state index contributed by atoms with van der Waals surface area (Å²) in [6, 6.07) is 8.36. The molecule has 1 aliphatic rings. The van der Waals surface area contributed by atoms with Gasteiger partial charge in [-0.1, -0.05) is 12.1 Å². The molecule has 6 nitrogen and oxygen atoms in total. The first-order valence-corrected chi connectivity index (χ1v) is 9.75. The lowest BCUT2D eigenvalue weighted by atomic mass is 10.1. The van der Waals surface area contributed by atoms with Crippen molar-refractivity contribution in [2.24, 2.45) is 7.05 Å². The number of carbonyl (C=O) groups excluding carboxylic acids is 1. The van der Waals surface area contributed by atoms with Crippen LogP contribution in [0.2, 0.25) is 0 Å². The van der Waals surface area contributed by atoms with Gasteiger partial charge in [-0.15, -0.1) is 11.3 Å². The Morgan fingerprint density at radius 2 is 2.11 bits per heavy atom. The van der Waals surface area contributed by atoms with Gasteiger partial charge in [-0.2, -0.15) is 5.10 Å². The Morgan fingerprint density at radius 3 is 2.89 bits per heavy atom. The first-order valence-electron chi connectivity index (χ1n) is 8.93. The summed E-state index contributed by atoms with van der Waals surface area (Å²) in [7, 11) is 1.81. The molecule has 3 aromatic rings. The molecule has 27 heavy (non-hydrogen) atoms. The second-order valence-corrected chi connectivity index (χ2v) is 7.52. The lowest BCUT2D eigenvalue weighted by Gasteiger charge is -2.26. The van der Waals surface area contributed by atoms with Crippen LogP contribution in [0, 0.1) is 5.82 Å². The van der Waals surface area contributed by atoms with Gasteiger partial charge >= 0.3 is 0 Å². The first-order chi connectivity index (χ1) is 13.1. The minimum Gasteiger partial charge on any atom is -0.379 e. The first kappa shape index (κ1) is 18.1. The van der Waals surface area contributed by atoms with E-state index in [1.54, 1.807) is 28.9 Å². The molecule has 0 atom stereocenters. The SMILES string of the molecule is Cn1nc(-c2ccccc2F)c2cc(C(=O)NCCN3CCOCC3)sc21. The third-order valence-corrected chi connectivity index (χ3v) is 5.88. The van der Waals surface area contributed by atoms with Crippen molar-refractivity contribution in [3.05, 3.63) is 41.0 Å². The van der Waals surface area contributed by atoms with E-state index >= 15 is 0 Å². The number of hydrogen-bond acceptors (Lipinski definition) is 5. The van der Waals surface area contributed by atoms with E-state index in [0.717, 1.165) is 43.1 Å². The molecule has 2 aromatic heterocycles. The maximum Gasteiger partial charge on any atom is 0.261 e. The number of benzene rings is 1. The molecule has 0 saturated carbocycles. The van der Waals surface area contributed by atoms with Gasteiger partial charge in [-0.3, -0.25) is 14.4 Å². The summed E-state index contributed by atoms with van der Waals surface area (Å²) in [6.45, 7) is 4.69. The Balaban J connectivity index is 1.50. The summed E-state index contributed by atoms with van der Waals surface area (Å²) in [5, 5.41) is 8.21. The minimum absolute atomic E-state index is 0.107. The molecule has 1 aromatic carbocycles.